The summed E-state index contributed by atoms with van der Waals surface area (Å²) in [6, 6.07) is 0. The average molecular weight is 414 g/mol. The fourth-order valence-corrected chi connectivity index (χ4v) is 2.71. The molecule has 0 spiro atoms. The first kappa shape index (κ1) is 20.6. The number of alkyl halides is 6. The second-order valence-electron chi connectivity index (χ2n) is 6.18. The van der Waals surface area contributed by atoms with Crippen LogP contribution in [0.2, 0.25) is 0 Å². The van der Waals surface area contributed by atoms with Crippen LogP contribution >= 0.6 is 0 Å². The molecule has 0 radical (unpaired) electrons. The van der Waals surface area contributed by atoms with E-state index in [1.807, 2.05) is 0 Å². The number of aromatic nitrogens is 4. The first-order valence-corrected chi connectivity index (χ1v) is 8.28. The largest absolute Gasteiger partial charge is 0.434 e. The molecule has 2 heterocycles. The van der Waals surface area contributed by atoms with Gasteiger partial charge in [0.25, 0.3) is 0 Å². The zero-order valence-corrected chi connectivity index (χ0v) is 14.6. The van der Waals surface area contributed by atoms with Crippen LogP contribution in [-0.4, -0.2) is 25.7 Å². The van der Waals surface area contributed by atoms with Crippen molar-refractivity contribution in [3.63, 3.8) is 0 Å². The highest BCUT2D eigenvalue weighted by molar-refractivity contribution is 6.13. The third-order valence-electron chi connectivity index (χ3n) is 4.01. The number of nitrogens with zero attached hydrogens (tertiary/aromatic N) is 4. The van der Waals surface area contributed by atoms with Gasteiger partial charge in [-0.3, -0.25) is 14.8 Å². The van der Waals surface area contributed by atoms with Crippen LogP contribution in [0.4, 0.5) is 26.3 Å². The summed E-state index contributed by atoms with van der Waals surface area (Å²) in [7, 11) is 0. The Morgan fingerprint density at radius 1 is 0.724 bits per heavy atom. The van der Waals surface area contributed by atoms with Gasteiger partial charge in [-0.25, -0.2) is 9.97 Å². The third kappa shape index (κ3) is 5.04. The molecule has 3 rings (SSSR count). The number of rotatable bonds is 2. The minimum Gasteiger partial charge on any atom is -0.289 e. The number of carbonyl (C=O) groups excluding carboxylic acids is 1. The van der Waals surface area contributed by atoms with E-state index >= 15 is 0 Å². The number of hydrogen-bond acceptors (Lipinski definition) is 5. The molecule has 0 aromatic carbocycles. The van der Waals surface area contributed by atoms with Gasteiger partial charge in [0.05, 0.1) is 36.2 Å². The second kappa shape index (κ2) is 7.72. The molecular formula is C18H12F6N4O. The Balaban J connectivity index is 1.90. The number of Topliss-reactive ketones (excluding diaryl/α,β-unsaturated/α-hetero) is 1. The van der Waals surface area contributed by atoms with Gasteiger partial charge in [-0.15, -0.1) is 0 Å². The van der Waals surface area contributed by atoms with Crippen molar-refractivity contribution in [2.24, 2.45) is 0 Å². The van der Waals surface area contributed by atoms with E-state index in [-0.39, 0.29) is 22.5 Å². The molecule has 2 aromatic rings. The van der Waals surface area contributed by atoms with Crippen LogP contribution in [0.5, 0.6) is 0 Å². The van der Waals surface area contributed by atoms with Crippen LogP contribution in [0.3, 0.4) is 0 Å². The predicted molar refractivity (Wildman–Crippen MR) is 88.9 cm³/mol. The predicted octanol–water partition coefficient (Wildman–Crippen LogP) is 4.52. The van der Waals surface area contributed by atoms with Crippen LogP contribution in [0.15, 0.2) is 35.9 Å². The summed E-state index contributed by atoms with van der Waals surface area (Å²) >= 11 is 0. The molecule has 1 fully saturated rings. The molecular weight excluding hydrogens is 402 g/mol. The molecule has 11 heteroatoms. The molecule has 5 nitrogen and oxygen atoms in total. The smallest absolute Gasteiger partial charge is 0.289 e. The van der Waals surface area contributed by atoms with E-state index in [9.17, 15) is 31.1 Å². The van der Waals surface area contributed by atoms with Gasteiger partial charge < -0.3 is 0 Å². The van der Waals surface area contributed by atoms with Crippen molar-refractivity contribution in [1.29, 1.82) is 0 Å². The first-order chi connectivity index (χ1) is 13.5. The van der Waals surface area contributed by atoms with Gasteiger partial charge in [0.1, 0.15) is 0 Å². The SMILES string of the molecule is O=C1/C(=C/c2cncc(C(F)(F)F)n2)CCC/C1=C\c1cncc(C(F)(F)F)n1. The first-order valence-electron chi connectivity index (χ1n) is 8.28. The lowest BCUT2D eigenvalue weighted by Crippen LogP contribution is -2.14. The molecule has 0 unspecified atom stereocenters. The lowest BCUT2D eigenvalue weighted by atomic mass is 9.88. The minimum atomic E-state index is -4.68. The summed E-state index contributed by atoms with van der Waals surface area (Å²) < 4.78 is 76.5. The number of allylic oxidation sites excluding steroid dienone is 2. The van der Waals surface area contributed by atoms with Crippen LogP contribution in [0.25, 0.3) is 12.2 Å². The van der Waals surface area contributed by atoms with Crippen molar-refractivity contribution in [2.75, 3.05) is 0 Å². The summed E-state index contributed by atoms with van der Waals surface area (Å²) in [5.41, 5.74) is -2.27. The van der Waals surface area contributed by atoms with Gasteiger partial charge in [0.2, 0.25) is 0 Å². The Morgan fingerprint density at radius 3 is 1.52 bits per heavy atom. The molecule has 0 atom stereocenters. The standard InChI is InChI=1S/C18H12F6N4O/c19-17(20,21)14-8-25-6-12(27-14)4-10-2-1-3-11(16(10)29)5-13-7-26-9-15(28-13)18(22,23)24/h4-9H,1-3H2/b10-4+,11-5+. The topological polar surface area (TPSA) is 68.6 Å². The van der Waals surface area contributed by atoms with Crippen molar-refractivity contribution >= 4 is 17.9 Å². The molecule has 2 aromatic heterocycles. The number of ketones is 1. The van der Waals surface area contributed by atoms with E-state index in [2.05, 4.69) is 19.9 Å². The number of halogens is 6. The number of carbonyl (C=O) groups is 1. The third-order valence-corrected chi connectivity index (χ3v) is 4.01. The Bertz CT molecular complexity index is 917. The lowest BCUT2D eigenvalue weighted by Gasteiger charge is -2.16. The highest BCUT2D eigenvalue weighted by atomic mass is 19.4. The average Bonchev–Trinajstić information content (AvgIpc) is 2.64. The van der Waals surface area contributed by atoms with Crippen molar-refractivity contribution in [2.45, 2.75) is 31.6 Å². The van der Waals surface area contributed by atoms with Gasteiger partial charge in [0.15, 0.2) is 17.2 Å². The van der Waals surface area contributed by atoms with E-state index in [1.54, 1.807) is 0 Å². The van der Waals surface area contributed by atoms with Crippen LogP contribution in [0.1, 0.15) is 42.0 Å². The molecule has 29 heavy (non-hydrogen) atoms. The molecule has 1 saturated carbocycles. The monoisotopic (exact) mass is 414 g/mol. The van der Waals surface area contributed by atoms with Gasteiger partial charge in [-0.2, -0.15) is 26.3 Å². The van der Waals surface area contributed by atoms with E-state index in [1.165, 1.54) is 12.2 Å². The summed E-state index contributed by atoms with van der Waals surface area (Å²) in [6.07, 6.45) is -2.55. The highest BCUT2D eigenvalue weighted by Gasteiger charge is 2.34. The van der Waals surface area contributed by atoms with E-state index < -0.39 is 29.5 Å². The highest BCUT2D eigenvalue weighted by Crippen LogP contribution is 2.30. The molecule has 0 saturated heterocycles. The van der Waals surface area contributed by atoms with Crippen molar-refractivity contribution in [1.82, 2.24) is 19.9 Å². The fourth-order valence-electron chi connectivity index (χ4n) is 2.71. The van der Waals surface area contributed by atoms with E-state index in [0.29, 0.717) is 31.7 Å². The van der Waals surface area contributed by atoms with Gasteiger partial charge >= 0.3 is 12.4 Å². The minimum absolute atomic E-state index is 0.136. The number of hydrogen-bond donors (Lipinski definition) is 0. The molecule has 1 aliphatic rings. The maximum Gasteiger partial charge on any atom is 0.434 e. The van der Waals surface area contributed by atoms with Crippen LogP contribution in [0, 0.1) is 0 Å². The zero-order valence-electron chi connectivity index (χ0n) is 14.6. The normalized spacial score (nSPS) is 18.5. The lowest BCUT2D eigenvalue weighted by molar-refractivity contribution is -0.142. The second-order valence-corrected chi connectivity index (χ2v) is 6.18. The molecule has 152 valence electrons. The van der Waals surface area contributed by atoms with Crippen LogP contribution < -0.4 is 0 Å². The quantitative estimate of drug-likeness (QED) is 0.534. The van der Waals surface area contributed by atoms with E-state index in [0.717, 1.165) is 12.4 Å². The van der Waals surface area contributed by atoms with Gasteiger partial charge in [0, 0.05) is 11.1 Å². The van der Waals surface area contributed by atoms with Crippen molar-refractivity contribution in [3.05, 3.63) is 58.7 Å². The van der Waals surface area contributed by atoms with E-state index in [4.69, 9.17) is 0 Å². The Hall–Kier alpha value is -3.11. The summed E-state index contributed by atoms with van der Waals surface area (Å²) in [4.78, 5) is 26.5. The summed E-state index contributed by atoms with van der Waals surface area (Å²) in [5.74, 6) is -0.491. The van der Waals surface area contributed by atoms with Gasteiger partial charge in [-0.05, 0) is 31.4 Å². The Kier molecular flexibility index (Phi) is 5.49. The molecule has 0 bridgehead atoms. The Labute approximate surface area is 160 Å². The zero-order chi connectivity index (χ0) is 21.2. The Morgan fingerprint density at radius 2 is 1.14 bits per heavy atom. The molecule has 1 aliphatic carbocycles. The maximum atomic E-state index is 12.8. The molecule has 0 amide bonds. The summed E-state index contributed by atoms with van der Waals surface area (Å²) in [6.45, 7) is 0. The molecule has 0 N–H and O–H groups in total. The van der Waals surface area contributed by atoms with Crippen molar-refractivity contribution < 1.29 is 31.1 Å². The van der Waals surface area contributed by atoms with Gasteiger partial charge in [-0.1, -0.05) is 0 Å². The molecule has 0 aliphatic heterocycles. The fraction of sp³-hybridized carbons (Fsp3) is 0.278. The van der Waals surface area contributed by atoms with Crippen molar-refractivity contribution in [3.8, 4) is 0 Å². The summed E-state index contributed by atoms with van der Waals surface area (Å²) in [5, 5.41) is 0. The maximum absolute atomic E-state index is 12.8. The van der Waals surface area contributed by atoms with Crippen LogP contribution in [-0.2, 0) is 17.1 Å².